The molecule has 7 heteroatoms. The van der Waals surface area contributed by atoms with E-state index in [2.05, 4.69) is 9.80 Å². The van der Waals surface area contributed by atoms with Crippen molar-refractivity contribution in [2.45, 2.75) is 70.4 Å². The van der Waals surface area contributed by atoms with Crippen molar-refractivity contribution in [1.82, 2.24) is 14.7 Å². The maximum absolute atomic E-state index is 11.9. The number of likely N-dealkylation sites (tertiary alicyclic amines) is 3. The Morgan fingerprint density at radius 2 is 1.77 bits per heavy atom. The first-order valence-corrected chi connectivity index (χ1v) is 10.1. The van der Waals surface area contributed by atoms with Crippen molar-refractivity contribution >= 4 is 11.8 Å². The Morgan fingerprint density at radius 3 is 2.38 bits per heavy atom. The summed E-state index contributed by atoms with van der Waals surface area (Å²) in [4.78, 5) is 30.0. The number of hydrogen-bond acceptors (Lipinski definition) is 6. The molecule has 7 nitrogen and oxygen atoms in total. The molecule has 4 fully saturated rings. The summed E-state index contributed by atoms with van der Waals surface area (Å²) in [6.45, 7) is 6.24. The summed E-state index contributed by atoms with van der Waals surface area (Å²) in [6.07, 6.45) is 5.38. The molecule has 3 aliphatic heterocycles. The average Bonchev–Trinajstić information content (AvgIpc) is 3.19. The van der Waals surface area contributed by atoms with E-state index in [4.69, 9.17) is 4.74 Å². The second-order valence-electron chi connectivity index (χ2n) is 8.49. The van der Waals surface area contributed by atoms with Gasteiger partial charge in [-0.3, -0.25) is 19.4 Å². The van der Waals surface area contributed by atoms with Gasteiger partial charge in [0.1, 0.15) is 0 Å². The van der Waals surface area contributed by atoms with Gasteiger partial charge >= 0.3 is 0 Å². The SMILES string of the molecule is CCOC(O)N1CCC2(CC(N3CCC(N4C(=O)CCC4=O)CC3)C2)C1. The largest absolute Gasteiger partial charge is 0.356 e. The van der Waals surface area contributed by atoms with E-state index >= 15 is 0 Å². The molecule has 1 saturated carbocycles. The zero-order chi connectivity index (χ0) is 18.3. The van der Waals surface area contributed by atoms with Gasteiger partial charge in [0.15, 0.2) is 0 Å². The summed E-state index contributed by atoms with van der Waals surface area (Å²) in [5, 5.41) is 10.0. The molecule has 0 aromatic carbocycles. The smallest absolute Gasteiger partial charge is 0.229 e. The maximum atomic E-state index is 11.9. The van der Waals surface area contributed by atoms with Crippen molar-refractivity contribution in [2.75, 3.05) is 32.8 Å². The minimum Gasteiger partial charge on any atom is -0.356 e. The molecule has 1 spiro atoms. The third-order valence-corrected chi connectivity index (χ3v) is 6.90. The lowest BCUT2D eigenvalue weighted by Crippen LogP contribution is -2.56. The van der Waals surface area contributed by atoms with Gasteiger partial charge in [-0.25, -0.2) is 0 Å². The molecule has 4 aliphatic rings. The molecular weight excluding hydrogens is 334 g/mol. The van der Waals surface area contributed by atoms with E-state index in [1.807, 2.05) is 6.92 Å². The van der Waals surface area contributed by atoms with Crippen LogP contribution in [0.5, 0.6) is 0 Å². The van der Waals surface area contributed by atoms with E-state index in [-0.39, 0.29) is 17.9 Å². The Balaban J connectivity index is 1.24. The van der Waals surface area contributed by atoms with Crippen molar-refractivity contribution in [3.05, 3.63) is 0 Å². The average molecular weight is 365 g/mol. The summed E-state index contributed by atoms with van der Waals surface area (Å²) in [7, 11) is 0. The second kappa shape index (κ2) is 7.19. The van der Waals surface area contributed by atoms with Gasteiger partial charge in [0, 0.05) is 57.7 Å². The van der Waals surface area contributed by atoms with E-state index < -0.39 is 6.41 Å². The number of imide groups is 1. The molecular formula is C19H31N3O4. The predicted molar refractivity (Wildman–Crippen MR) is 95.0 cm³/mol. The quantitative estimate of drug-likeness (QED) is 0.573. The maximum Gasteiger partial charge on any atom is 0.229 e. The van der Waals surface area contributed by atoms with Gasteiger partial charge in [-0.15, -0.1) is 0 Å². The van der Waals surface area contributed by atoms with Crippen LogP contribution in [0.2, 0.25) is 0 Å². The molecule has 0 bridgehead atoms. The lowest BCUT2D eigenvalue weighted by atomic mass is 9.64. The summed E-state index contributed by atoms with van der Waals surface area (Å²) < 4.78 is 5.32. The molecule has 3 heterocycles. The predicted octanol–water partition coefficient (Wildman–Crippen LogP) is 0.767. The van der Waals surface area contributed by atoms with E-state index in [0.29, 0.717) is 30.9 Å². The van der Waals surface area contributed by atoms with Crippen LogP contribution in [-0.2, 0) is 14.3 Å². The number of aliphatic hydroxyl groups is 1. The number of nitrogens with zero attached hydrogens (tertiary/aromatic N) is 3. The van der Waals surface area contributed by atoms with Crippen molar-refractivity contribution in [3.63, 3.8) is 0 Å². The number of carbonyl (C=O) groups excluding carboxylic acids is 2. The molecule has 0 radical (unpaired) electrons. The van der Waals surface area contributed by atoms with Gasteiger partial charge in [0.25, 0.3) is 0 Å². The first-order valence-electron chi connectivity index (χ1n) is 10.1. The van der Waals surface area contributed by atoms with Crippen LogP contribution >= 0.6 is 0 Å². The Hall–Kier alpha value is -1.02. The fourth-order valence-corrected chi connectivity index (χ4v) is 5.45. The van der Waals surface area contributed by atoms with Crippen LogP contribution in [0.3, 0.4) is 0 Å². The van der Waals surface area contributed by atoms with E-state index in [9.17, 15) is 14.7 Å². The Kier molecular flexibility index (Phi) is 5.07. The number of hydrogen-bond donors (Lipinski definition) is 1. The fraction of sp³-hybridized carbons (Fsp3) is 0.895. The molecule has 1 N–H and O–H groups in total. The summed E-state index contributed by atoms with van der Waals surface area (Å²) in [6, 6.07) is 0.733. The number of carbonyl (C=O) groups is 2. The van der Waals surface area contributed by atoms with Crippen LogP contribution < -0.4 is 0 Å². The van der Waals surface area contributed by atoms with Gasteiger partial charge in [-0.2, -0.15) is 0 Å². The monoisotopic (exact) mass is 365 g/mol. The Labute approximate surface area is 155 Å². The Morgan fingerprint density at radius 1 is 1.12 bits per heavy atom. The van der Waals surface area contributed by atoms with Crippen molar-refractivity contribution < 1.29 is 19.4 Å². The third kappa shape index (κ3) is 3.30. The van der Waals surface area contributed by atoms with Gasteiger partial charge in [0.05, 0.1) is 0 Å². The van der Waals surface area contributed by atoms with Crippen LogP contribution in [0, 0.1) is 5.41 Å². The summed E-state index contributed by atoms with van der Waals surface area (Å²) in [5.74, 6) is 0.0462. The van der Waals surface area contributed by atoms with Gasteiger partial charge < -0.3 is 14.7 Å². The van der Waals surface area contributed by atoms with Crippen LogP contribution in [0.4, 0.5) is 0 Å². The molecule has 0 aromatic heterocycles. The molecule has 2 amide bonds. The van der Waals surface area contributed by atoms with Gasteiger partial charge in [-0.1, -0.05) is 0 Å². The van der Waals surface area contributed by atoms with Crippen LogP contribution in [0.25, 0.3) is 0 Å². The molecule has 4 rings (SSSR count). The lowest BCUT2D eigenvalue weighted by molar-refractivity contribution is -0.188. The van der Waals surface area contributed by atoms with E-state index in [0.717, 1.165) is 45.4 Å². The minimum absolute atomic E-state index is 0.0231. The molecule has 1 unspecified atom stereocenters. The minimum atomic E-state index is -0.760. The van der Waals surface area contributed by atoms with Crippen LogP contribution in [0.15, 0.2) is 0 Å². The number of amides is 2. The molecule has 3 saturated heterocycles. The third-order valence-electron chi connectivity index (χ3n) is 6.90. The van der Waals surface area contributed by atoms with Gasteiger partial charge in [-0.05, 0) is 44.4 Å². The number of rotatable bonds is 5. The zero-order valence-electron chi connectivity index (χ0n) is 15.7. The first-order chi connectivity index (χ1) is 12.5. The highest BCUT2D eigenvalue weighted by molar-refractivity contribution is 6.02. The highest BCUT2D eigenvalue weighted by Gasteiger charge is 2.51. The lowest BCUT2D eigenvalue weighted by Gasteiger charge is -2.52. The number of ether oxygens (including phenoxy) is 1. The number of piperidine rings is 1. The second-order valence-corrected chi connectivity index (χ2v) is 8.49. The highest BCUT2D eigenvalue weighted by atomic mass is 16.6. The van der Waals surface area contributed by atoms with Crippen molar-refractivity contribution in [3.8, 4) is 0 Å². The normalized spacial score (nSPS) is 35.5. The molecule has 0 aromatic rings. The standard InChI is InChI=1S/C19H31N3O4/c1-2-26-18(25)21-10-7-19(13-21)11-15(12-19)20-8-5-14(6-9-20)22-16(23)3-4-17(22)24/h14-15,18,25H,2-13H2,1H3. The first kappa shape index (κ1) is 18.3. The summed E-state index contributed by atoms with van der Waals surface area (Å²) >= 11 is 0. The number of aliphatic hydroxyl groups excluding tert-OH is 1. The molecule has 26 heavy (non-hydrogen) atoms. The van der Waals surface area contributed by atoms with E-state index in [1.54, 1.807) is 4.90 Å². The molecule has 146 valence electrons. The Bertz CT molecular complexity index is 539. The van der Waals surface area contributed by atoms with Gasteiger partial charge in [0.2, 0.25) is 18.2 Å². The van der Waals surface area contributed by atoms with Crippen LogP contribution in [-0.4, -0.2) is 82.9 Å². The van der Waals surface area contributed by atoms with Crippen molar-refractivity contribution in [2.24, 2.45) is 5.41 Å². The summed E-state index contributed by atoms with van der Waals surface area (Å²) in [5.41, 5.74) is 0.348. The van der Waals surface area contributed by atoms with Crippen LogP contribution in [0.1, 0.15) is 51.9 Å². The topological polar surface area (TPSA) is 73.3 Å². The molecule has 1 atom stereocenters. The van der Waals surface area contributed by atoms with E-state index in [1.165, 1.54) is 12.8 Å². The van der Waals surface area contributed by atoms with Crippen molar-refractivity contribution in [1.29, 1.82) is 0 Å². The zero-order valence-corrected chi connectivity index (χ0v) is 15.7. The molecule has 1 aliphatic carbocycles. The highest BCUT2D eigenvalue weighted by Crippen LogP contribution is 2.50. The fourth-order valence-electron chi connectivity index (χ4n) is 5.45.